The van der Waals surface area contributed by atoms with Gasteiger partial charge in [0.25, 0.3) is 0 Å². The fourth-order valence-electron chi connectivity index (χ4n) is 6.38. The Balaban J connectivity index is 1.78. The molecule has 0 heterocycles. The molecule has 0 aromatic carbocycles. The number of carbonyl (C=O) groups excluding carboxylic acids is 1. The van der Waals surface area contributed by atoms with Crippen LogP contribution in [0, 0.1) is 23.2 Å². The van der Waals surface area contributed by atoms with Crippen molar-refractivity contribution in [3.8, 4) is 0 Å². The van der Waals surface area contributed by atoms with Crippen LogP contribution in [0.4, 0.5) is 0 Å². The minimum absolute atomic E-state index is 0.0896. The average molecular weight is 326 g/mol. The second kappa shape index (κ2) is 5.98. The summed E-state index contributed by atoms with van der Waals surface area (Å²) in [7, 11) is 0. The van der Waals surface area contributed by atoms with Crippen molar-refractivity contribution in [1.82, 2.24) is 0 Å². The zero-order valence-electron chi connectivity index (χ0n) is 14.9. The van der Waals surface area contributed by atoms with Crippen LogP contribution in [0.1, 0.15) is 64.7 Å². The minimum Gasteiger partial charge on any atom is -0.393 e. The number of aliphatic hydroxyl groups excluding tert-OH is 1. The molecular formula is C22H30O2. The first kappa shape index (κ1) is 16.3. The van der Waals surface area contributed by atoms with E-state index in [1.807, 2.05) is 12.2 Å². The second-order valence-electron chi connectivity index (χ2n) is 8.69. The summed E-state index contributed by atoms with van der Waals surface area (Å²) in [5, 5.41) is 10.7. The Morgan fingerprint density at radius 1 is 1.29 bits per heavy atom. The van der Waals surface area contributed by atoms with Gasteiger partial charge in [0.05, 0.1) is 6.10 Å². The standard InChI is InChI=1S/C22H30O2/c1-3-4-5-15-13-22(2)19(10-11-20(22)24)18-8-6-14-12-16(23)7-9-17(14)21(15)18/h3,12,15,18-20,24H,1,4-11,13H2,2H3/t15-,18?,19?,20-,22-/m0/s1. The van der Waals surface area contributed by atoms with Gasteiger partial charge in [-0.05, 0) is 91.8 Å². The lowest BCUT2D eigenvalue weighted by Crippen LogP contribution is -2.45. The smallest absolute Gasteiger partial charge is 0.156 e. The molecule has 0 radical (unpaired) electrons. The molecule has 0 aliphatic heterocycles. The average Bonchev–Trinajstić information content (AvgIpc) is 2.87. The van der Waals surface area contributed by atoms with Crippen LogP contribution in [0.2, 0.25) is 0 Å². The van der Waals surface area contributed by atoms with Gasteiger partial charge in [0.15, 0.2) is 5.78 Å². The third-order valence-corrected chi connectivity index (χ3v) is 7.51. The maximum atomic E-state index is 11.9. The van der Waals surface area contributed by atoms with Crippen LogP contribution in [0.3, 0.4) is 0 Å². The van der Waals surface area contributed by atoms with E-state index >= 15 is 0 Å². The molecule has 2 saturated carbocycles. The molecule has 0 spiro atoms. The van der Waals surface area contributed by atoms with Crippen LogP contribution in [-0.2, 0) is 4.79 Å². The lowest BCUT2D eigenvalue weighted by molar-refractivity contribution is -0.114. The highest BCUT2D eigenvalue weighted by Gasteiger charge is 2.55. The van der Waals surface area contributed by atoms with Crippen LogP contribution in [0.5, 0.6) is 0 Å². The van der Waals surface area contributed by atoms with Crippen molar-refractivity contribution in [3.05, 3.63) is 35.5 Å². The Labute approximate surface area is 145 Å². The molecule has 2 fully saturated rings. The SMILES string of the molecule is C=CCC[C@H]1C[C@@]2(C)C(CC[C@@H]2O)C2CCC3=CC(=O)CCC3=C21. The first-order valence-corrected chi connectivity index (χ1v) is 9.80. The molecule has 0 amide bonds. The summed E-state index contributed by atoms with van der Waals surface area (Å²) in [6.07, 6.45) is 13.2. The van der Waals surface area contributed by atoms with Crippen molar-refractivity contribution in [2.75, 3.05) is 0 Å². The number of ketones is 1. The van der Waals surface area contributed by atoms with Crippen molar-refractivity contribution in [2.24, 2.45) is 23.2 Å². The van der Waals surface area contributed by atoms with E-state index in [1.165, 1.54) is 24.0 Å². The van der Waals surface area contributed by atoms with Crippen LogP contribution in [0.15, 0.2) is 35.5 Å². The minimum atomic E-state index is -0.134. The van der Waals surface area contributed by atoms with E-state index in [0.29, 0.717) is 30.0 Å². The summed E-state index contributed by atoms with van der Waals surface area (Å²) in [5.41, 5.74) is 4.64. The molecule has 0 aromatic rings. The molecule has 4 aliphatic rings. The molecule has 0 bridgehead atoms. The highest BCUT2D eigenvalue weighted by atomic mass is 16.3. The molecule has 2 heteroatoms. The zero-order valence-corrected chi connectivity index (χ0v) is 14.9. The van der Waals surface area contributed by atoms with E-state index in [4.69, 9.17) is 0 Å². The quantitative estimate of drug-likeness (QED) is 0.760. The van der Waals surface area contributed by atoms with Gasteiger partial charge in [-0.2, -0.15) is 0 Å². The summed E-state index contributed by atoms with van der Waals surface area (Å²) >= 11 is 0. The van der Waals surface area contributed by atoms with Crippen LogP contribution >= 0.6 is 0 Å². The molecule has 2 nitrogen and oxygen atoms in total. The fraction of sp³-hybridized carbons (Fsp3) is 0.682. The van der Waals surface area contributed by atoms with E-state index in [9.17, 15) is 9.90 Å². The van der Waals surface area contributed by atoms with Gasteiger partial charge in [-0.15, -0.1) is 6.58 Å². The van der Waals surface area contributed by atoms with Crippen LogP contribution < -0.4 is 0 Å². The van der Waals surface area contributed by atoms with Gasteiger partial charge in [-0.3, -0.25) is 4.79 Å². The van der Waals surface area contributed by atoms with Crippen molar-refractivity contribution in [2.45, 2.75) is 70.8 Å². The van der Waals surface area contributed by atoms with Gasteiger partial charge in [0.1, 0.15) is 0 Å². The summed E-state index contributed by atoms with van der Waals surface area (Å²) in [6, 6.07) is 0. The maximum Gasteiger partial charge on any atom is 0.156 e. The Kier molecular flexibility index (Phi) is 4.07. The molecule has 5 atom stereocenters. The molecule has 130 valence electrons. The van der Waals surface area contributed by atoms with Crippen LogP contribution in [-0.4, -0.2) is 17.0 Å². The second-order valence-corrected chi connectivity index (χ2v) is 8.69. The molecule has 2 unspecified atom stereocenters. The molecule has 4 aliphatic carbocycles. The molecule has 0 saturated heterocycles. The predicted octanol–water partition coefficient (Wildman–Crippen LogP) is 4.75. The van der Waals surface area contributed by atoms with Crippen molar-refractivity contribution < 1.29 is 9.90 Å². The highest BCUT2D eigenvalue weighted by Crippen LogP contribution is 2.62. The topological polar surface area (TPSA) is 37.3 Å². The number of rotatable bonds is 3. The summed E-state index contributed by atoms with van der Waals surface area (Å²) in [6.45, 7) is 6.26. The Morgan fingerprint density at radius 2 is 2.12 bits per heavy atom. The van der Waals surface area contributed by atoms with Gasteiger partial charge in [0, 0.05) is 6.42 Å². The van der Waals surface area contributed by atoms with Gasteiger partial charge in [0.2, 0.25) is 0 Å². The number of fused-ring (bicyclic) bond motifs is 4. The number of allylic oxidation sites excluding steroid dienone is 5. The zero-order chi connectivity index (χ0) is 16.9. The van der Waals surface area contributed by atoms with E-state index in [-0.39, 0.29) is 11.5 Å². The molecule has 4 rings (SSSR count). The number of aliphatic hydroxyl groups is 1. The van der Waals surface area contributed by atoms with Gasteiger partial charge in [-0.25, -0.2) is 0 Å². The Morgan fingerprint density at radius 3 is 2.92 bits per heavy atom. The summed E-state index contributed by atoms with van der Waals surface area (Å²) < 4.78 is 0. The third-order valence-electron chi connectivity index (χ3n) is 7.51. The van der Waals surface area contributed by atoms with E-state index in [1.54, 1.807) is 5.57 Å². The molecular weight excluding hydrogens is 296 g/mol. The number of hydrogen-bond donors (Lipinski definition) is 1. The maximum absolute atomic E-state index is 11.9. The highest BCUT2D eigenvalue weighted by molar-refractivity contribution is 5.93. The van der Waals surface area contributed by atoms with Gasteiger partial charge >= 0.3 is 0 Å². The Hall–Kier alpha value is -1.15. The lowest BCUT2D eigenvalue weighted by Gasteiger charge is -2.52. The molecule has 24 heavy (non-hydrogen) atoms. The predicted molar refractivity (Wildman–Crippen MR) is 96.4 cm³/mol. The Bertz CT molecular complexity index is 626. The van der Waals surface area contributed by atoms with Gasteiger partial charge < -0.3 is 5.11 Å². The number of hydrogen-bond acceptors (Lipinski definition) is 2. The fourth-order valence-corrected chi connectivity index (χ4v) is 6.38. The summed E-state index contributed by atoms with van der Waals surface area (Å²) in [4.78, 5) is 11.9. The molecule has 0 aromatic heterocycles. The van der Waals surface area contributed by atoms with Crippen molar-refractivity contribution in [1.29, 1.82) is 0 Å². The van der Waals surface area contributed by atoms with E-state index < -0.39 is 0 Å². The lowest BCUT2D eigenvalue weighted by atomic mass is 9.53. The number of carbonyl (C=O) groups is 1. The summed E-state index contributed by atoms with van der Waals surface area (Å²) in [5.74, 6) is 2.14. The molecule has 1 N–H and O–H groups in total. The monoisotopic (exact) mass is 326 g/mol. The van der Waals surface area contributed by atoms with Crippen molar-refractivity contribution in [3.63, 3.8) is 0 Å². The van der Waals surface area contributed by atoms with E-state index in [2.05, 4.69) is 13.5 Å². The van der Waals surface area contributed by atoms with E-state index in [0.717, 1.165) is 38.5 Å². The third kappa shape index (κ3) is 2.37. The van der Waals surface area contributed by atoms with Gasteiger partial charge in [-0.1, -0.05) is 18.6 Å². The van der Waals surface area contributed by atoms with Crippen LogP contribution in [0.25, 0.3) is 0 Å². The first-order chi connectivity index (χ1) is 11.5. The normalized spacial score (nSPS) is 41.4. The largest absolute Gasteiger partial charge is 0.393 e. The van der Waals surface area contributed by atoms with Crippen molar-refractivity contribution >= 4 is 5.78 Å². The first-order valence-electron chi connectivity index (χ1n) is 9.80.